The molecule has 0 saturated carbocycles. The van der Waals surface area contributed by atoms with E-state index in [1.54, 1.807) is 12.1 Å². The van der Waals surface area contributed by atoms with Crippen LogP contribution in [0.15, 0.2) is 24.3 Å². The molecule has 1 aromatic carbocycles. The van der Waals surface area contributed by atoms with Crippen molar-refractivity contribution in [3.05, 3.63) is 29.8 Å². The maximum absolute atomic E-state index is 12.4. The van der Waals surface area contributed by atoms with Crippen molar-refractivity contribution in [2.75, 3.05) is 18.4 Å². The summed E-state index contributed by atoms with van der Waals surface area (Å²) in [5, 5.41) is 2.90. The van der Waals surface area contributed by atoms with Gasteiger partial charge >= 0.3 is 0 Å². The highest BCUT2D eigenvalue weighted by atomic mass is 16.2. The molecular formula is C17H24N2O2. The Morgan fingerprint density at radius 3 is 2.71 bits per heavy atom. The van der Waals surface area contributed by atoms with Gasteiger partial charge in [-0.3, -0.25) is 14.5 Å². The molecule has 4 nitrogen and oxygen atoms in total. The van der Waals surface area contributed by atoms with Crippen LogP contribution < -0.4 is 5.32 Å². The molecule has 4 heteroatoms. The van der Waals surface area contributed by atoms with Crippen molar-refractivity contribution in [1.29, 1.82) is 0 Å². The van der Waals surface area contributed by atoms with Crippen LogP contribution in [0.25, 0.3) is 0 Å². The smallest absolute Gasteiger partial charge is 0.241 e. The fraction of sp³-hybridized carbons (Fsp3) is 0.529. The minimum atomic E-state index is -0.173. The number of nitrogens with zero attached hydrogens (tertiary/aromatic N) is 1. The predicted molar refractivity (Wildman–Crippen MR) is 84.5 cm³/mol. The van der Waals surface area contributed by atoms with Gasteiger partial charge in [-0.15, -0.1) is 0 Å². The highest BCUT2D eigenvalue weighted by Gasteiger charge is 2.26. The Morgan fingerprint density at radius 2 is 2.05 bits per heavy atom. The Bertz CT molecular complexity index is 527. The lowest BCUT2D eigenvalue weighted by Gasteiger charge is -2.34. The van der Waals surface area contributed by atoms with Gasteiger partial charge in [-0.2, -0.15) is 0 Å². The monoisotopic (exact) mass is 288 g/mol. The van der Waals surface area contributed by atoms with Crippen LogP contribution in [0.2, 0.25) is 0 Å². The van der Waals surface area contributed by atoms with E-state index in [4.69, 9.17) is 0 Å². The van der Waals surface area contributed by atoms with Crippen molar-refractivity contribution in [1.82, 2.24) is 4.90 Å². The molecule has 1 fully saturated rings. The SMILES string of the molecule is CC(=O)c1ccccc1NC(=O)[C@H](C)N1CCC[C@H](C)C1. The van der Waals surface area contributed by atoms with E-state index < -0.39 is 0 Å². The summed E-state index contributed by atoms with van der Waals surface area (Å²) >= 11 is 0. The summed E-state index contributed by atoms with van der Waals surface area (Å²) in [4.78, 5) is 26.3. The largest absolute Gasteiger partial charge is 0.324 e. The van der Waals surface area contributed by atoms with E-state index >= 15 is 0 Å². The predicted octanol–water partition coefficient (Wildman–Crippen LogP) is 2.95. The third-order valence-corrected chi connectivity index (χ3v) is 4.18. The number of carbonyl (C=O) groups is 2. The zero-order chi connectivity index (χ0) is 15.4. The number of piperidine rings is 1. The van der Waals surface area contributed by atoms with Gasteiger partial charge in [0.1, 0.15) is 0 Å². The lowest BCUT2D eigenvalue weighted by molar-refractivity contribution is -0.121. The number of anilines is 1. The van der Waals surface area contributed by atoms with E-state index in [1.165, 1.54) is 13.3 Å². The average molecular weight is 288 g/mol. The molecule has 0 bridgehead atoms. The lowest BCUT2D eigenvalue weighted by atomic mass is 9.99. The Balaban J connectivity index is 2.05. The van der Waals surface area contributed by atoms with E-state index in [2.05, 4.69) is 17.1 Å². The third-order valence-electron chi connectivity index (χ3n) is 4.18. The van der Waals surface area contributed by atoms with Gasteiger partial charge in [0.15, 0.2) is 5.78 Å². The van der Waals surface area contributed by atoms with Crippen molar-refractivity contribution in [3.8, 4) is 0 Å². The standard InChI is InChI=1S/C17H24N2O2/c1-12-7-6-10-19(11-12)13(2)17(21)18-16-9-5-4-8-15(16)14(3)20/h4-5,8-9,12-13H,6-7,10-11H2,1-3H3,(H,18,21)/t12-,13-/m0/s1. The molecule has 0 unspecified atom stereocenters. The Hall–Kier alpha value is -1.68. The van der Waals surface area contributed by atoms with Crippen LogP contribution in [0.1, 0.15) is 44.0 Å². The van der Waals surface area contributed by atoms with Crippen molar-refractivity contribution >= 4 is 17.4 Å². The molecule has 1 amide bonds. The summed E-state index contributed by atoms with van der Waals surface area (Å²) in [6.07, 6.45) is 2.38. The number of hydrogen-bond acceptors (Lipinski definition) is 3. The molecular weight excluding hydrogens is 264 g/mol. The number of rotatable bonds is 4. The van der Waals surface area contributed by atoms with Crippen LogP contribution in [-0.4, -0.2) is 35.7 Å². The summed E-state index contributed by atoms with van der Waals surface area (Å²) in [6, 6.07) is 6.98. The van der Waals surface area contributed by atoms with Crippen LogP contribution in [0.3, 0.4) is 0 Å². The first-order valence-electron chi connectivity index (χ1n) is 7.64. The van der Waals surface area contributed by atoms with Gasteiger partial charge in [0.2, 0.25) is 5.91 Å². The number of likely N-dealkylation sites (tertiary alicyclic amines) is 1. The van der Waals surface area contributed by atoms with Crippen LogP contribution in [0.4, 0.5) is 5.69 Å². The maximum Gasteiger partial charge on any atom is 0.241 e. The molecule has 1 saturated heterocycles. The van der Waals surface area contributed by atoms with Crippen LogP contribution in [0.5, 0.6) is 0 Å². The molecule has 1 aliphatic rings. The van der Waals surface area contributed by atoms with E-state index in [1.807, 2.05) is 19.1 Å². The van der Waals surface area contributed by atoms with Gasteiger partial charge in [0, 0.05) is 12.1 Å². The molecule has 0 spiro atoms. The Morgan fingerprint density at radius 1 is 1.33 bits per heavy atom. The fourth-order valence-corrected chi connectivity index (χ4v) is 2.88. The summed E-state index contributed by atoms with van der Waals surface area (Å²) in [5.41, 5.74) is 1.16. The van der Waals surface area contributed by atoms with Gasteiger partial charge in [0.25, 0.3) is 0 Å². The second-order valence-corrected chi connectivity index (χ2v) is 6.01. The van der Waals surface area contributed by atoms with Crippen molar-refractivity contribution < 1.29 is 9.59 Å². The minimum absolute atomic E-state index is 0.0369. The van der Waals surface area contributed by atoms with E-state index in [0.717, 1.165) is 19.5 Å². The molecule has 21 heavy (non-hydrogen) atoms. The number of Topliss-reactive ketones (excluding diaryl/α,β-unsaturated/α-hetero) is 1. The second-order valence-electron chi connectivity index (χ2n) is 6.01. The average Bonchev–Trinajstić information content (AvgIpc) is 2.46. The highest BCUT2D eigenvalue weighted by Crippen LogP contribution is 2.20. The first kappa shape index (κ1) is 15.7. The highest BCUT2D eigenvalue weighted by molar-refractivity contribution is 6.04. The van der Waals surface area contributed by atoms with E-state index in [9.17, 15) is 9.59 Å². The summed E-state index contributed by atoms with van der Waals surface area (Å²) in [6.45, 7) is 7.60. The summed E-state index contributed by atoms with van der Waals surface area (Å²) < 4.78 is 0. The number of carbonyl (C=O) groups excluding carboxylic acids is 2. The molecule has 0 aliphatic carbocycles. The summed E-state index contributed by atoms with van der Waals surface area (Å²) in [5.74, 6) is 0.557. The number of benzene rings is 1. The normalized spacial score (nSPS) is 20.8. The summed E-state index contributed by atoms with van der Waals surface area (Å²) in [7, 11) is 0. The van der Waals surface area contributed by atoms with Gasteiger partial charge in [-0.05, 0) is 51.3 Å². The number of hydrogen-bond donors (Lipinski definition) is 1. The van der Waals surface area contributed by atoms with E-state index in [0.29, 0.717) is 17.2 Å². The maximum atomic E-state index is 12.4. The molecule has 1 N–H and O–H groups in total. The zero-order valence-corrected chi connectivity index (χ0v) is 13.1. The number of amides is 1. The molecule has 2 atom stereocenters. The van der Waals surface area contributed by atoms with Gasteiger partial charge in [0.05, 0.1) is 11.7 Å². The van der Waals surface area contributed by atoms with Crippen LogP contribution >= 0.6 is 0 Å². The fourth-order valence-electron chi connectivity index (χ4n) is 2.88. The van der Waals surface area contributed by atoms with Crippen molar-refractivity contribution in [3.63, 3.8) is 0 Å². The zero-order valence-electron chi connectivity index (χ0n) is 13.1. The van der Waals surface area contributed by atoms with Crippen molar-refractivity contribution in [2.24, 2.45) is 5.92 Å². The van der Waals surface area contributed by atoms with Gasteiger partial charge in [-0.1, -0.05) is 19.1 Å². The number of para-hydroxylation sites is 1. The van der Waals surface area contributed by atoms with Crippen LogP contribution in [-0.2, 0) is 4.79 Å². The molecule has 2 rings (SSSR count). The Labute approximate surface area is 126 Å². The van der Waals surface area contributed by atoms with Crippen LogP contribution in [0, 0.1) is 5.92 Å². The topological polar surface area (TPSA) is 49.4 Å². The van der Waals surface area contributed by atoms with Gasteiger partial charge in [-0.25, -0.2) is 0 Å². The first-order chi connectivity index (χ1) is 9.99. The van der Waals surface area contributed by atoms with E-state index in [-0.39, 0.29) is 17.7 Å². The molecule has 1 aliphatic heterocycles. The molecule has 114 valence electrons. The van der Waals surface area contributed by atoms with Crippen molar-refractivity contribution in [2.45, 2.75) is 39.7 Å². The minimum Gasteiger partial charge on any atom is -0.324 e. The molecule has 1 aromatic rings. The lowest BCUT2D eigenvalue weighted by Crippen LogP contribution is -2.46. The molecule has 0 aromatic heterocycles. The first-order valence-corrected chi connectivity index (χ1v) is 7.64. The molecule has 0 radical (unpaired) electrons. The Kier molecular flexibility index (Phi) is 5.12. The number of ketones is 1. The molecule has 1 heterocycles. The second kappa shape index (κ2) is 6.85. The van der Waals surface area contributed by atoms with Gasteiger partial charge < -0.3 is 5.32 Å². The number of nitrogens with one attached hydrogen (secondary N) is 1. The third kappa shape index (κ3) is 3.91. The quantitative estimate of drug-likeness (QED) is 0.867.